The first kappa shape index (κ1) is 12.7. The van der Waals surface area contributed by atoms with Crippen LogP contribution in [-0.2, 0) is 19.4 Å². The highest BCUT2D eigenvalue weighted by molar-refractivity contribution is 7.80. The summed E-state index contributed by atoms with van der Waals surface area (Å²) in [6.45, 7) is 0.516. The lowest BCUT2D eigenvalue weighted by atomic mass is 9.97. The van der Waals surface area contributed by atoms with Gasteiger partial charge < -0.3 is 5.73 Å². The third-order valence-corrected chi connectivity index (χ3v) is 4.94. The van der Waals surface area contributed by atoms with Crippen LogP contribution >= 0.6 is 23.6 Å². The molecule has 100 valence electrons. The van der Waals surface area contributed by atoms with Gasteiger partial charge in [-0.1, -0.05) is 12.2 Å². The van der Waals surface area contributed by atoms with Crippen LogP contribution in [0.4, 0.5) is 0 Å². The summed E-state index contributed by atoms with van der Waals surface area (Å²) in [4.78, 5) is 19.6. The van der Waals surface area contributed by atoms with Crippen LogP contribution < -0.4 is 11.3 Å². The lowest BCUT2D eigenvalue weighted by Gasteiger charge is -2.10. The molecule has 1 aliphatic carbocycles. The second-order valence-corrected chi connectivity index (χ2v) is 6.46. The molecule has 0 bridgehead atoms. The molecular formula is C13H15N3OS2. The Morgan fingerprint density at radius 3 is 3.05 bits per heavy atom. The number of rotatable bonds is 3. The van der Waals surface area contributed by atoms with E-state index in [4.69, 9.17) is 18.0 Å². The molecule has 0 saturated carbocycles. The van der Waals surface area contributed by atoms with Gasteiger partial charge in [-0.15, -0.1) is 11.3 Å². The quantitative estimate of drug-likeness (QED) is 0.880. The van der Waals surface area contributed by atoms with E-state index in [0.717, 1.165) is 23.1 Å². The summed E-state index contributed by atoms with van der Waals surface area (Å²) in [5.74, 6) is 0. The van der Waals surface area contributed by atoms with Crippen molar-refractivity contribution >= 4 is 38.8 Å². The van der Waals surface area contributed by atoms with Gasteiger partial charge in [-0.2, -0.15) is 0 Å². The van der Waals surface area contributed by atoms with E-state index < -0.39 is 0 Å². The summed E-state index contributed by atoms with van der Waals surface area (Å²) >= 11 is 6.53. The topological polar surface area (TPSA) is 60.9 Å². The number of thiocarbonyl (C=S) groups is 1. The van der Waals surface area contributed by atoms with Gasteiger partial charge in [-0.3, -0.25) is 9.36 Å². The maximum absolute atomic E-state index is 12.5. The molecule has 0 amide bonds. The molecule has 0 spiro atoms. The van der Waals surface area contributed by atoms with Gasteiger partial charge in [-0.25, -0.2) is 4.98 Å². The summed E-state index contributed by atoms with van der Waals surface area (Å²) in [6, 6.07) is 0. The van der Waals surface area contributed by atoms with Crippen LogP contribution in [-0.4, -0.2) is 14.5 Å². The lowest BCUT2D eigenvalue weighted by Crippen LogP contribution is -2.23. The number of thiophene rings is 1. The maximum atomic E-state index is 12.5. The van der Waals surface area contributed by atoms with Gasteiger partial charge >= 0.3 is 0 Å². The van der Waals surface area contributed by atoms with Gasteiger partial charge in [0.15, 0.2) is 0 Å². The third-order valence-electron chi connectivity index (χ3n) is 3.54. The molecule has 3 rings (SSSR count). The minimum Gasteiger partial charge on any atom is -0.393 e. The summed E-state index contributed by atoms with van der Waals surface area (Å²) < 4.78 is 1.63. The molecule has 0 radical (unpaired) electrons. The van der Waals surface area contributed by atoms with E-state index in [9.17, 15) is 4.79 Å². The highest BCUT2D eigenvalue weighted by Gasteiger charge is 2.19. The van der Waals surface area contributed by atoms with E-state index >= 15 is 0 Å². The molecule has 0 aliphatic heterocycles. The smallest absolute Gasteiger partial charge is 0.262 e. The Kier molecular flexibility index (Phi) is 3.36. The molecule has 0 unspecified atom stereocenters. The molecule has 2 heterocycles. The van der Waals surface area contributed by atoms with E-state index in [0.29, 0.717) is 18.0 Å². The molecule has 4 nitrogen and oxygen atoms in total. The van der Waals surface area contributed by atoms with Crippen LogP contribution in [0.15, 0.2) is 11.1 Å². The SMILES string of the molecule is NC(=S)CCn1cnc2sc3c(c2c1=O)CCCC3. The third kappa shape index (κ3) is 2.30. The Balaban J connectivity index is 2.10. The second kappa shape index (κ2) is 5.02. The lowest BCUT2D eigenvalue weighted by molar-refractivity contribution is 0.681. The molecule has 2 aromatic heterocycles. The van der Waals surface area contributed by atoms with Crippen LogP contribution in [0.25, 0.3) is 10.2 Å². The van der Waals surface area contributed by atoms with Crippen molar-refractivity contribution in [1.82, 2.24) is 9.55 Å². The number of fused-ring (bicyclic) bond motifs is 3. The first-order chi connectivity index (χ1) is 9.16. The number of hydrogen-bond donors (Lipinski definition) is 1. The zero-order valence-corrected chi connectivity index (χ0v) is 12.1. The van der Waals surface area contributed by atoms with E-state index in [1.807, 2.05) is 0 Å². The maximum Gasteiger partial charge on any atom is 0.262 e. The van der Waals surface area contributed by atoms with Crippen LogP contribution in [0.3, 0.4) is 0 Å². The van der Waals surface area contributed by atoms with Crippen molar-refractivity contribution in [2.24, 2.45) is 5.73 Å². The predicted molar refractivity (Wildman–Crippen MR) is 81.9 cm³/mol. The van der Waals surface area contributed by atoms with Crippen molar-refractivity contribution < 1.29 is 0 Å². The Labute approximate surface area is 120 Å². The first-order valence-corrected chi connectivity index (χ1v) is 7.67. The van der Waals surface area contributed by atoms with E-state index in [2.05, 4.69) is 4.98 Å². The number of nitrogens with zero attached hydrogens (tertiary/aromatic N) is 2. The fourth-order valence-corrected chi connectivity index (χ4v) is 3.88. The molecular weight excluding hydrogens is 278 g/mol. The molecule has 2 aromatic rings. The van der Waals surface area contributed by atoms with E-state index in [-0.39, 0.29) is 5.56 Å². The van der Waals surface area contributed by atoms with Crippen LogP contribution in [0, 0.1) is 0 Å². The largest absolute Gasteiger partial charge is 0.393 e. The number of nitrogens with two attached hydrogens (primary N) is 1. The highest BCUT2D eigenvalue weighted by Crippen LogP contribution is 2.33. The second-order valence-electron chi connectivity index (χ2n) is 4.85. The monoisotopic (exact) mass is 293 g/mol. The Morgan fingerprint density at radius 2 is 2.26 bits per heavy atom. The Morgan fingerprint density at radius 1 is 1.47 bits per heavy atom. The zero-order valence-electron chi connectivity index (χ0n) is 10.5. The van der Waals surface area contributed by atoms with Gasteiger partial charge in [-0.05, 0) is 31.2 Å². The summed E-state index contributed by atoms with van der Waals surface area (Å²) in [6.07, 6.45) is 6.63. The Bertz CT molecular complexity index is 702. The van der Waals surface area contributed by atoms with Gasteiger partial charge in [0, 0.05) is 17.8 Å². The summed E-state index contributed by atoms with van der Waals surface area (Å²) in [5.41, 5.74) is 6.78. The van der Waals surface area contributed by atoms with Gasteiger partial charge in [0.25, 0.3) is 5.56 Å². The van der Waals surface area contributed by atoms with Crippen molar-refractivity contribution in [3.63, 3.8) is 0 Å². The van der Waals surface area contributed by atoms with E-state index in [1.54, 1.807) is 22.2 Å². The van der Waals surface area contributed by atoms with Crippen LogP contribution in [0.1, 0.15) is 29.7 Å². The van der Waals surface area contributed by atoms with Crippen molar-refractivity contribution in [2.75, 3.05) is 0 Å². The average molecular weight is 293 g/mol. The molecule has 19 heavy (non-hydrogen) atoms. The number of aryl methyl sites for hydroxylation is 3. The van der Waals surface area contributed by atoms with Crippen LogP contribution in [0.5, 0.6) is 0 Å². The molecule has 0 atom stereocenters. The van der Waals surface area contributed by atoms with Crippen molar-refractivity contribution in [3.8, 4) is 0 Å². The zero-order chi connectivity index (χ0) is 13.4. The summed E-state index contributed by atoms with van der Waals surface area (Å²) in [7, 11) is 0. The Hall–Kier alpha value is -1.27. The van der Waals surface area contributed by atoms with Crippen molar-refractivity contribution in [3.05, 3.63) is 27.1 Å². The van der Waals surface area contributed by atoms with Gasteiger partial charge in [0.1, 0.15) is 4.83 Å². The molecule has 0 saturated heterocycles. The van der Waals surface area contributed by atoms with Crippen molar-refractivity contribution in [2.45, 2.75) is 38.6 Å². The predicted octanol–water partition coefficient (Wildman–Crippen LogP) is 2.01. The minimum absolute atomic E-state index is 0.0562. The standard InChI is InChI=1S/C13H15N3OS2/c14-10(18)5-6-16-7-15-12-11(13(16)17)8-3-1-2-4-9(8)19-12/h7H,1-6H2,(H2,14,18). The molecule has 0 aromatic carbocycles. The molecule has 1 aliphatic rings. The number of aromatic nitrogens is 2. The number of hydrogen-bond acceptors (Lipinski definition) is 4. The van der Waals surface area contributed by atoms with Gasteiger partial charge in [0.05, 0.1) is 16.7 Å². The fourth-order valence-electron chi connectivity index (χ4n) is 2.57. The average Bonchev–Trinajstić information content (AvgIpc) is 2.76. The van der Waals surface area contributed by atoms with Crippen LogP contribution in [0.2, 0.25) is 0 Å². The minimum atomic E-state index is 0.0562. The molecule has 2 N–H and O–H groups in total. The highest BCUT2D eigenvalue weighted by atomic mass is 32.1. The molecule has 6 heteroatoms. The van der Waals surface area contributed by atoms with Gasteiger partial charge in [0.2, 0.25) is 0 Å². The normalized spacial score (nSPS) is 14.5. The fraction of sp³-hybridized carbons (Fsp3) is 0.462. The first-order valence-electron chi connectivity index (χ1n) is 6.45. The van der Waals surface area contributed by atoms with Crippen molar-refractivity contribution in [1.29, 1.82) is 0 Å². The van der Waals surface area contributed by atoms with E-state index in [1.165, 1.54) is 23.3 Å². The molecule has 0 fully saturated rings. The summed E-state index contributed by atoms with van der Waals surface area (Å²) in [5, 5.41) is 0.824.